The number of benzene rings is 1. The van der Waals surface area contributed by atoms with Crippen LogP contribution in [-0.4, -0.2) is 54.7 Å². The summed E-state index contributed by atoms with van der Waals surface area (Å²) in [7, 11) is 3.65. The zero-order valence-corrected chi connectivity index (χ0v) is 14.1. The van der Waals surface area contributed by atoms with Crippen molar-refractivity contribution in [3.63, 3.8) is 0 Å². The molecule has 6 heteroatoms. The van der Waals surface area contributed by atoms with Crippen molar-refractivity contribution in [2.24, 2.45) is 0 Å². The van der Waals surface area contributed by atoms with E-state index in [1.165, 1.54) is 5.56 Å². The van der Waals surface area contributed by atoms with E-state index >= 15 is 0 Å². The molecule has 0 aliphatic carbocycles. The number of aryl methyl sites for hydroxylation is 1. The highest BCUT2D eigenvalue weighted by molar-refractivity contribution is 5.76. The van der Waals surface area contributed by atoms with Crippen LogP contribution < -0.4 is 4.74 Å². The van der Waals surface area contributed by atoms with E-state index in [4.69, 9.17) is 9.26 Å². The van der Waals surface area contributed by atoms with Crippen molar-refractivity contribution in [2.75, 3.05) is 33.8 Å². The Balaban J connectivity index is 1.58. The van der Waals surface area contributed by atoms with E-state index in [2.05, 4.69) is 29.2 Å². The zero-order chi connectivity index (χ0) is 16.9. The molecule has 1 amide bonds. The molecule has 2 heterocycles. The fourth-order valence-electron chi connectivity index (χ4n) is 3.03. The van der Waals surface area contributed by atoms with Gasteiger partial charge in [0.15, 0.2) is 0 Å². The highest BCUT2D eigenvalue weighted by atomic mass is 16.5. The number of ether oxygens (including phenoxy) is 1. The first-order chi connectivity index (χ1) is 11.7. The Hall–Kier alpha value is -2.34. The number of carbonyl (C=O) groups is 1. The average molecular weight is 329 g/mol. The standard InChI is InChI=1S/C18H23N3O3/c1-20-10-11-21(13-16(20)14-6-4-3-5-7-14)18(22)9-8-15-12-17(23-2)19-24-15/h3-7,12,16H,8-11,13H2,1-2H3/t16-/m1/s1. The van der Waals surface area contributed by atoms with Gasteiger partial charge in [-0.3, -0.25) is 9.69 Å². The maximum atomic E-state index is 12.5. The van der Waals surface area contributed by atoms with E-state index in [-0.39, 0.29) is 11.9 Å². The van der Waals surface area contributed by atoms with Crippen molar-refractivity contribution in [1.29, 1.82) is 0 Å². The Morgan fingerprint density at radius 3 is 2.83 bits per heavy atom. The van der Waals surface area contributed by atoms with E-state index in [0.717, 1.165) is 19.6 Å². The minimum absolute atomic E-state index is 0.152. The first kappa shape index (κ1) is 16.5. The Bertz CT molecular complexity index is 671. The summed E-state index contributed by atoms with van der Waals surface area (Å²) in [5.74, 6) is 1.27. The lowest BCUT2D eigenvalue weighted by Crippen LogP contribution is -2.49. The largest absolute Gasteiger partial charge is 0.479 e. The van der Waals surface area contributed by atoms with E-state index in [9.17, 15) is 4.79 Å². The van der Waals surface area contributed by atoms with E-state index in [1.54, 1.807) is 13.2 Å². The summed E-state index contributed by atoms with van der Waals surface area (Å²) in [6.07, 6.45) is 0.959. The van der Waals surface area contributed by atoms with Gasteiger partial charge in [0, 0.05) is 38.5 Å². The van der Waals surface area contributed by atoms with Crippen LogP contribution in [0.15, 0.2) is 40.9 Å². The molecule has 0 saturated carbocycles. The second kappa shape index (κ2) is 7.49. The molecule has 3 rings (SSSR count). The van der Waals surface area contributed by atoms with Crippen LogP contribution >= 0.6 is 0 Å². The minimum Gasteiger partial charge on any atom is -0.479 e. The topological polar surface area (TPSA) is 58.8 Å². The van der Waals surface area contributed by atoms with Gasteiger partial charge in [-0.2, -0.15) is 0 Å². The summed E-state index contributed by atoms with van der Waals surface area (Å²) in [5.41, 5.74) is 1.25. The van der Waals surface area contributed by atoms with E-state index in [0.29, 0.717) is 24.5 Å². The van der Waals surface area contributed by atoms with Gasteiger partial charge in [0.25, 0.3) is 5.88 Å². The third kappa shape index (κ3) is 3.76. The number of carbonyl (C=O) groups excluding carboxylic acids is 1. The zero-order valence-electron chi connectivity index (χ0n) is 14.1. The first-order valence-electron chi connectivity index (χ1n) is 8.20. The second-order valence-corrected chi connectivity index (χ2v) is 6.08. The number of aromatic nitrogens is 1. The quantitative estimate of drug-likeness (QED) is 0.841. The molecule has 1 aromatic heterocycles. The van der Waals surface area contributed by atoms with Crippen molar-refractivity contribution in [3.05, 3.63) is 47.7 Å². The Labute approximate surface area is 142 Å². The molecule has 1 saturated heterocycles. The summed E-state index contributed by atoms with van der Waals surface area (Å²) in [5, 5.41) is 3.76. The van der Waals surface area contributed by atoms with E-state index < -0.39 is 0 Å². The van der Waals surface area contributed by atoms with Crippen molar-refractivity contribution in [1.82, 2.24) is 15.0 Å². The third-order valence-corrected chi connectivity index (χ3v) is 4.52. The highest BCUT2D eigenvalue weighted by Crippen LogP contribution is 2.24. The predicted octanol–water partition coefficient (Wildman–Crippen LogP) is 2.13. The fraction of sp³-hybridized carbons (Fsp3) is 0.444. The second-order valence-electron chi connectivity index (χ2n) is 6.08. The molecule has 0 N–H and O–H groups in total. The summed E-state index contributed by atoms with van der Waals surface area (Å²) in [6.45, 7) is 2.36. The first-order valence-corrected chi connectivity index (χ1v) is 8.20. The SMILES string of the molecule is COc1cc(CCC(=O)N2CCN(C)[C@@H](c3ccccc3)C2)on1. The molecule has 24 heavy (non-hydrogen) atoms. The number of likely N-dealkylation sites (N-methyl/N-ethyl adjacent to an activating group) is 1. The molecule has 1 aliphatic heterocycles. The Morgan fingerprint density at radius 2 is 2.12 bits per heavy atom. The van der Waals surface area contributed by atoms with Crippen LogP contribution in [0.2, 0.25) is 0 Å². The fourth-order valence-corrected chi connectivity index (χ4v) is 3.03. The molecule has 0 bridgehead atoms. The van der Waals surface area contributed by atoms with Gasteiger partial charge >= 0.3 is 0 Å². The van der Waals surface area contributed by atoms with Gasteiger partial charge in [-0.15, -0.1) is 0 Å². The van der Waals surface area contributed by atoms with Crippen LogP contribution in [0.3, 0.4) is 0 Å². The monoisotopic (exact) mass is 329 g/mol. The van der Waals surface area contributed by atoms with Crippen molar-refractivity contribution in [3.8, 4) is 5.88 Å². The number of methoxy groups -OCH3 is 1. The van der Waals surface area contributed by atoms with Crippen LogP contribution in [0.4, 0.5) is 0 Å². The lowest BCUT2D eigenvalue weighted by Gasteiger charge is -2.39. The van der Waals surface area contributed by atoms with Gasteiger partial charge in [-0.1, -0.05) is 30.3 Å². The van der Waals surface area contributed by atoms with Crippen LogP contribution in [0.25, 0.3) is 0 Å². The molecular formula is C18H23N3O3. The van der Waals surface area contributed by atoms with Gasteiger partial charge in [0.05, 0.1) is 13.2 Å². The number of amides is 1. The van der Waals surface area contributed by atoms with Crippen molar-refractivity contribution < 1.29 is 14.1 Å². The van der Waals surface area contributed by atoms with Crippen LogP contribution in [0.5, 0.6) is 5.88 Å². The molecule has 1 aromatic carbocycles. The summed E-state index contributed by atoms with van der Waals surface area (Å²) in [6, 6.07) is 12.3. The van der Waals surface area contributed by atoms with Crippen LogP contribution in [-0.2, 0) is 11.2 Å². The molecular weight excluding hydrogens is 306 g/mol. The number of nitrogens with zero attached hydrogens (tertiary/aromatic N) is 3. The van der Waals surface area contributed by atoms with Crippen LogP contribution in [0.1, 0.15) is 23.8 Å². The summed E-state index contributed by atoms with van der Waals surface area (Å²) < 4.78 is 10.1. The predicted molar refractivity (Wildman–Crippen MR) is 89.8 cm³/mol. The number of hydrogen-bond acceptors (Lipinski definition) is 5. The average Bonchev–Trinajstić information content (AvgIpc) is 3.09. The molecule has 128 valence electrons. The Morgan fingerprint density at radius 1 is 1.33 bits per heavy atom. The smallest absolute Gasteiger partial charge is 0.254 e. The van der Waals surface area contributed by atoms with Gasteiger partial charge in [0.2, 0.25) is 5.91 Å². The Kier molecular flexibility index (Phi) is 5.15. The van der Waals surface area contributed by atoms with Crippen molar-refractivity contribution in [2.45, 2.75) is 18.9 Å². The van der Waals surface area contributed by atoms with Gasteiger partial charge in [-0.25, -0.2) is 0 Å². The molecule has 6 nitrogen and oxygen atoms in total. The molecule has 0 radical (unpaired) electrons. The van der Waals surface area contributed by atoms with E-state index in [1.807, 2.05) is 23.1 Å². The molecule has 1 fully saturated rings. The van der Waals surface area contributed by atoms with Gasteiger partial charge < -0.3 is 14.2 Å². The molecule has 1 atom stereocenters. The highest BCUT2D eigenvalue weighted by Gasteiger charge is 2.28. The maximum absolute atomic E-state index is 12.5. The lowest BCUT2D eigenvalue weighted by molar-refractivity contribution is -0.134. The normalized spacial score (nSPS) is 18.6. The lowest BCUT2D eigenvalue weighted by atomic mass is 10.0. The van der Waals surface area contributed by atoms with Crippen LogP contribution in [0, 0.1) is 0 Å². The summed E-state index contributed by atoms with van der Waals surface area (Å²) >= 11 is 0. The summed E-state index contributed by atoms with van der Waals surface area (Å²) in [4.78, 5) is 16.8. The number of rotatable bonds is 5. The third-order valence-electron chi connectivity index (χ3n) is 4.52. The minimum atomic E-state index is 0.152. The number of hydrogen-bond donors (Lipinski definition) is 0. The molecule has 0 spiro atoms. The van der Waals surface area contributed by atoms with Gasteiger partial charge in [-0.05, 0) is 17.8 Å². The maximum Gasteiger partial charge on any atom is 0.254 e. The number of piperazine rings is 1. The molecule has 0 unspecified atom stereocenters. The van der Waals surface area contributed by atoms with Gasteiger partial charge in [0.1, 0.15) is 5.76 Å². The molecule has 1 aliphatic rings. The molecule has 2 aromatic rings. The van der Waals surface area contributed by atoms with Crippen molar-refractivity contribution >= 4 is 5.91 Å².